The van der Waals surface area contributed by atoms with E-state index in [1.54, 1.807) is 29.1 Å². The van der Waals surface area contributed by atoms with Gasteiger partial charge in [0.15, 0.2) is 0 Å². The third kappa shape index (κ3) is 3.61. The van der Waals surface area contributed by atoms with Crippen LogP contribution in [0.4, 0.5) is 0 Å². The van der Waals surface area contributed by atoms with Gasteiger partial charge in [0.1, 0.15) is 11.3 Å². The van der Waals surface area contributed by atoms with E-state index in [0.717, 1.165) is 11.3 Å². The molecule has 0 spiro atoms. The van der Waals surface area contributed by atoms with Crippen LogP contribution in [0.3, 0.4) is 0 Å². The monoisotopic (exact) mass is 355 g/mol. The number of nitrogens with zero attached hydrogens (tertiary/aromatic N) is 2. The average molecular weight is 355 g/mol. The second-order valence-corrected chi connectivity index (χ2v) is 6.37. The number of carbonyl (C=O) groups excluding carboxylic acids is 1. The molecule has 0 unspecified atom stereocenters. The molecule has 1 N–H and O–H groups in total. The van der Waals surface area contributed by atoms with E-state index in [4.69, 9.17) is 9.15 Å². The summed E-state index contributed by atoms with van der Waals surface area (Å²) < 4.78 is 12.6. The largest absolute Gasteiger partial charge is 0.491 e. The van der Waals surface area contributed by atoms with E-state index in [1.165, 1.54) is 6.07 Å². The van der Waals surface area contributed by atoms with E-state index in [1.807, 2.05) is 27.8 Å². The quantitative estimate of drug-likeness (QED) is 0.711. The Morgan fingerprint density at radius 1 is 1.35 bits per heavy atom. The van der Waals surface area contributed by atoms with Crippen LogP contribution >= 0.6 is 0 Å². The molecule has 0 radical (unpaired) electrons. The molecule has 0 bridgehead atoms. The van der Waals surface area contributed by atoms with E-state index in [2.05, 4.69) is 10.4 Å². The van der Waals surface area contributed by atoms with E-state index in [9.17, 15) is 9.59 Å². The lowest BCUT2D eigenvalue weighted by Crippen LogP contribution is -2.24. The zero-order valence-electron chi connectivity index (χ0n) is 15.2. The standard InChI is InChI=1S/C19H21N3O4/c1-11(2)25-14-5-6-15-16(8-18(23)26-17(15)7-14)19(24)20-9-13-10-21-22(4)12(13)3/h5-8,10-11H,9H2,1-4H3,(H,20,24). The molecule has 136 valence electrons. The molecule has 26 heavy (non-hydrogen) atoms. The van der Waals surface area contributed by atoms with E-state index in [0.29, 0.717) is 23.3 Å². The maximum absolute atomic E-state index is 12.6. The highest BCUT2D eigenvalue weighted by atomic mass is 16.5. The molecule has 1 amide bonds. The van der Waals surface area contributed by atoms with Crippen LogP contribution in [0.15, 0.2) is 39.7 Å². The van der Waals surface area contributed by atoms with Crippen LogP contribution in [0.5, 0.6) is 5.75 Å². The summed E-state index contributed by atoms with van der Waals surface area (Å²) in [4.78, 5) is 24.5. The zero-order chi connectivity index (χ0) is 18.8. The Morgan fingerprint density at radius 3 is 2.77 bits per heavy atom. The van der Waals surface area contributed by atoms with Gasteiger partial charge in [-0.05, 0) is 32.9 Å². The number of hydrogen-bond acceptors (Lipinski definition) is 5. The van der Waals surface area contributed by atoms with Gasteiger partial charge in [0, 0.05) is 42.4 Å². The fraction of sp³-hybridized carbons (Fsp3) is 0.316. The number of aryl methyl sites for hydroxylation is 1. The number of fused-ring (bicyclic) bond motifs is 1. The van der Waals surface area contributed by atoms with Gasteiger partial charge in [0.2, 0.25) is 0 Å². The number of aromatic nitrogens is 2. The van der Waals surface area contributed by atoms with Gasteiger partial charge in [0.25, 0.3) is 5.91 Å². The Morgan fingerprint density at radius 2 is 2.12 bits per heavy atom. The summed E-state index contributed by atoms with van der Waals surface area (Å²) in [6.07, 6.45) is 1.70. The highest BCUT2D eigenvalue weighted by Gasteiger charge is 2.15. The lowest BCUT2D eigenvalue weighted by Gasteiger charge is -2.11. The minimum absolute atomic E-state index is 0.00613. The summed E-state index contributed by atoms with van der Waals surface area (Å²) in [5.74, 6) is 0.239. The Labute approximate surface area is 150 Å². The second-order valence-electron chi connectivity index (χ2n) is 6.37. The number of nitrogens with one attached hydrogen (secondary N) is 1. The zero-order valence-corrected chi connectivity index (χ0v) is 15.2. The van der Waals surface area contributed by atoms with Gasteiger partial charge < -0.3 is 14.5 Å². The summed E-state index contributed by atoms with van der Waals surface area (Å²) in [6.45, 7) is 6.07. The van der Waals surface area contributed by atoms with Crippen LogP contribution < -0.4 is 15.7 Å². The maximum Gasteiger partial charge on any atom is 0.337 e. The first-order chi connectivity index (χ1) is 12.3. The van der Waals surface area contributed by atoms with Crippen molar-refractivity contribution in [1.82, 2.24) is 15.1 Å². The number of benzene rings is 1. The molecule has 7 nitrogen and oxygen atoms in total. The molecule has 1 aromatic carbocycles. The first-order valence-electron chi connectivity index (χ1n) is 8.35. The molecule has 0 saturated carbocycles. The topological polar surface area (TPSA) is 86.4 Å². The first-order valence-corrected chi connectivity index (χ1v) is 8.35. The average Bonchev–Trinajstić information content (AvgIpc) is 2.90. The van der Waals surface area contributed by atoms with Crippen molar-refractivity contribution in [2.24, 2.45) is 7.05 Å². The summed E-state index contributed by atoms with van der Waals surface area (Å²) in [5, 5.41) is 7.54. The molecule has 0 aliphatic rings. The summed E-state index contributed by atoms with van der Waals surface area (Å²) in [6, 6.07) is 6.31. The van der Waals surface area contributed by atoms with Crippen LogP contribution in [0.25, 0.3) is 11.0 Å². The summed E-state index contributed by atoms with van der Waals surface area (Å²) in [5.41, 5.74) is 1.90. The van der Waals surface area contributed by atoms with Crippen LogP contribution in [-0.2, 0) is 13.6 Å². The van der Waals surface area contributed by atoms with Gasteiger partial charge in [-0.3, -0.25) is 9.48 Å². The Bertz CT molecular complexity index is 1020. The van der Waals surface area contributed by atoms with Gasteiger partial charge in [-0.15, -0.1) is 0 Å². The number of hydrogen-bond donors (Lipinski definition) is 1. The van der Waals surface area contributed by atoms with Gasteiger partial charge in [0.05, 0.1) is 17.9 Å². The van der Waals surface area contributed by atoms with Crippen molar-refractivity contribution >= 4 is 16.9 Å². The molecule has 3 aromatic rings. The van der Waals surface area contributed by atoms with Gasteiger partial charge in [-0.2, -0.15) is 5.10 Å². The van der Waals surface area contributed by atoms with Crippen molar-refractivity contribution in [2.45, 2.75) is 33.4 Å². The molecule has 0 aliphatic carbocycles. The molecule has 2 heterocycles. The minimum atomic E-state index is -0.582. The maximum atomic E-state index is 12.6. The van der Waals surface area contributed by atoms with Crippen molar-refractivity contribution in [3.05, 3.63) is 57.7 Å². The number of ether oxygens (including phenoxy) is 1. The second kappa shape index (κ2) is 7.03. The Hall–Kier alpha value is -3.09. The molecule has 0 saturated heterocycles. The van der Waals surface area contributed by atoms with Crippen molar-refractivity contribution in [2.75, 3.05) is 0 Å². The molecular weight excluding hydrogens is 334 g/mol. The van der Waals surface area contributed by atoms with Crippen LogP contribution in [0, 0.1) is 6.92 Å². The van der Waals surface area contributed by atoms with Crippen LogP contribution in [0.1, 0.15) is 35.5 Å². The van der Waals surface area contributed by atoms with E-state index < -0.39 is 5.63 Å². The van der Waals surface area contributed by atoms with Crippen molar-refractivity contribution in [3.8, 4) is 5.75 Å². The SMILES string of the molecule is Cc1c(CNC(=O)c2cc(=O)oc3cc(OC(C)C)ccc23)cnn1C. The predicted molar refractivity (Wildman–Crippen MR) is 97.4 cm³/mol. The molecule has 7 heteroatoms. The lowest BCUT2D eigenvalue weighted by atomic mass is 10.1. The number of rotatable bonds is 5. The molecular formula is C19H21N3O4. The fourth-order valence-corrected chi connectivity index (χ4v) is 2.66. The Balaban J connectivity index is 1.89. The van der Waals surface area contributed by atoms with E-state index in [-0.39, 0.29) is 17.6 Å². The lowest BCUT2D eigenvalue weighted by molar-refractivity contribution is 0.0952. The smallest absolute Gasteiger partial charge is 0.337 e. The van der Waals surface area contributed by atoms with E-state index >= 15 is 0 Å². The van der Waals surface area contributed by atoms with Gasteiger partial charge in [-0.25, -0.2) is 4.79 Å². The molecule has 0 atom stereocenters. The highest BCUT2D eigenvalue weighted by molar-refractivity contribution is 6.05. The highest BCUT2D eigenvalue weighted by Crippen LogP contribution is 2.23. The summed E-state index contributed by atoms with van der Waals surface area (Å²) in [7, 11) is 1.84. The van der Waals surface area contributed by atoms with Crippen LogP contribution in [0.2, 0.25) is 0 Å². The molecule has 3 rings (SSSR count). The Kier molecular flexibility index (Phi) is 4.79. The predicted octanol–water partition coefficient (Wildman–Crippen LogP) is 2.55. The molecule has 2 aromatic heterocycles. The minimum Gasteiger partial charge on any atom is -0.491 e. The van der Waals surface area contributed by atoms with Crippen LogP contribution in [-0.4, -0.2) is 21.8 Å². The van der Waals surface area contributed by atoms with Crippen molar-refractivity contribution < 1.29 is 13.9 Å². The van der Waals surface area contributed by atoms with Crippen molar-refractivity contribution in [3.63, 3.8) is 0 Å². The first kappa shape index (κ1) is 17.7. The van der Waals surface area contributed by atoms with Crippen molar-refractivity contribution in [1.29, 1.82) is 0 Å². The fourth-order valence-electron chi connectivity index (χ4n) is 2.66. The third-order valence-electron chi connectivity index (χ3n) is 4.11. The third-order valence-corrected chi connectivity index (χ3v) is 4.11. The van der Waals surface area contributed by atoms with Gasteiger partial charge >= 0.3 is 5.63 Å². The normalized spacial score (nSPS) is 11.1. The molecule has 0 aliphatic heterocycles. The molecule has 0 fully saturated rings. The summed E-state index contributed by atoms with van der Waals surface area (Å²) >= 11 is 0. The number of carbonyl (C=O) groups is 1. The van der Waals surface area contributed by atoms with Gasteiger partial charge in [-0.1, -0.05) is 0 Å². The number of amides is 1.